The molecule has 0 aromatic carbocycles. The van der Waals surface area contributed by atoms with Crippen LogP contribution in [-0.2, 0) is 5.75 Å². The number of aryl methyl sites for hydroxylation is 1. The summed E-state index contributed by atoms with van der Waals surface area (Å²) in [4.78, 5) is 16.6. The first-order valence-electron chi connectivity index (χ1n) is 6.21. The van der Waals surface area contributed by atoms with Gasteiger partial charge >= 0.3 is 0 Å². The summed E-state index contributed by atoms with van der Waals surface area (Å²) in [6.45, 7) is 5.95. The van der Waals surface area contributed by atoms with Gasteiger partial charge in [0.2, 0.25) is 0 Å². The van der Waals surface area contributed by atoms with Crippen LogP contribution in [0.4, 0.5) is 0 Å². The van der Waals surface area contributed by atoms with Gasteiger partial charge in [0.05, 0.1) is 5.69 Å². The van der Waals surface area contributed by atoms with Crippen LogP contribution in [0.3, 0.4) is 0 Å². The number of hydrogen-bond acceptors (Lipinski definition) is 4. The molecule has 0 aliphatic carbocycles. The lowest BCUT2D eigenvalue weighted by molar-refractivity contribution is 0.591. The Labute approximate surface area is 117 Å². The van der Waals surface area contributed by atoms with E-state index in [1.54, 1.807) is 28.4 Å². The molecule has 2 heterocycles. The number of thioether (sulfide) groups is 1. The summed E-state index contributed by atoms with van der Waals surface area (Å²) in [6, 6.07) is 5.42. The first kappa shape index (κ1) is 14.1. The Bertz CT molecular complexity index is 643. The molecule has 4 nitrogen and oxygen atoms in total. The number of aromatic nitrogens is 2. The lowest BCUT2D eigenvalue weighted by Gasteiger charge is -2.17. The summed E-state index contributed by atoms with van der Waals surface area (Å²) in [5.74, 6) is 1.54. The Kier molecular flexibility index (Phi) is 3.96. The van der Waals surface area contributed by atoms with Crippen molar-refractivity contribution in [2.45, 2.75) is 32.1 Å². The van der Waals surface area contributed by atoms with E-state index in [9.17, 15) is 4.79 Å². The summed E-state index contributed by atoms with van der Waals surface area (Å²) in [5, 5.41) is 0. The van der Waals surface area contributed by atoms with Crippen LogP contribution >= 0.6 is 11.8 Å². The van der Waals surface area contributed by atoms with Crippen molar-refractivity contribution in [1.82, 2.24) is 9.38 Å². The molecule has 0 fully saturated rings. The molecule has 2 rings (SSSR count). The van der Waals surface area contributed by atoms with Gasteiger partial charge in [0, 0.05) is 29.3 Å². The molecule has 0 spiro atoms. The van der Waals surface area contributed by atoms with Gasteiger partial charge in [0.25, 0.3) is 5.56 Å². The molecule has 102 valence electrons. The molecule has 0 saturated heterocycles. The van der Waals surface area contributed by atoms with Gasteiger partial charge in [-0.25, -0.2) is 4.98 Å². The Hall–Kier alpha value is -1.33. The lowest BCUT2D eigenvalue weighted by atomic mass is 10.1. The average Bonchev–Trinajstić information content (AvgIpc) is 2.29. The van der Waals surface area contributed by atoms with E-state index in [0.29, 0.717) is 5.75 Å². The SMILES string of the molecule is Cc1cccn2c(=O)cc(CSCC(C)(C)N)nc12. The number of hydrogen-bond donors (Lipinski definition) is 1. The van der Waals surface area contributed by atoms with Crippen molar-refractivity contribution >= 4 is 17.4 Å². The molecule has 2 N–H and O–H groups in total. The van der Waals surface area contributed by atoms with Gasteiger partial charge in [-0.3, -0.25) is 9.20 Å². The van der Waals surface area contributed by atoms with Crippen LogP contribution in [0, 0.1) is 6.92 Å². The Balaban J connectivity index is 2.26. The molecule has 0 bridgehead atoms. The predicted octanol–water partition coefficient (Wildman–Crippen LogP) is 1.97. The van der Waals surface area contributed by atoms with E-state index in [0.717, 1.165) is 22.7 Å². The highest BCUT2D eigenvalue weighted by Crippen LogP contribution is 2.15. The van der Waals surface area contributed by atoms with Crippen molar-refractivity contribution in [2.75, 3.05) is 5.75 Å². The van der Waals surface area contributed by atoms with Gasteiger partial charge in [0.1, 0.15) is 5.65 Å². The molecule has 2 aromatic heterocycles. The Morgan fingerprint density at radius 1 is 1.47 bits per heavy atom. The summed E-state index contributed by atoms with van der Waals surface area (Å²) in [6.07, 6.45) is 1.75. The van der Waals surface area contributed by atoms with E-state index in [-0.39, 0.29) is 11.1 Å². The Morgan fingerprint density at radius 2 is 2.21 bits per heavy atom. The second-order valence-electron chi connectivity index (χ2n) is 5.45. The molecule has 0 unspecified atom stereocenters. The third kappa shape index (κ3) is 3.58. The van der Waals surface area contributed by atoms with Crippen molar-refractivity contribution in [1.29, 1.82) is 0 Å². The molecular weight excluding hydrogens is 258 g/mol. The highest BCUT2D eigenvalue weighted by molar-refractivity contribution is 7.98. The van der Waals surface area contributed by atoms with Crippen molar-refractivity contribution in [3.8, 4) is 0 Å². The fourth-order valence-electron chi connectivity index (χ4n) is 1.80. The highest BCUT2D eigenvalue weighted by Gasteiger charge is 2.11. The summed E-state index contributed by atoms with van der Waals surface area (Å²) in [5.41, 5.74) is 8.26. The second-order valence-corrected chi connectivity index (χ2v) is 6.44. The van der Waals surface area contributed by atoms with Gasteiger partial charge in [0.15, 0.2) is 0 Å². The average molecular weight is 277 g/mol. The number of nitrogens with zero attached hydrogens (tertiary/aromatic N) is 2. The maximum atomic E-state index is 12.0. The number of fused-ring (bicyclic) bond motifs is 1. The first-order valence-corrected chi connectivity index (χ1v) is 7.37. The van der Waals surface area contributed by atoms with E-state index in [1.165, 1.54) is 0 Å². The summed E-state index contributed by atoms with van der Waals surface area (Å²) < 4.78 is 1.58. The zero-order valence-electron chi connectivity index (χ0n) is 11.5. The molecule has 19 heavy (non-hydrogen) atoms. The first-order chi connectivity index (χ1) is 8.87. The predicted molar refractivity (Wildman–Crippen MR) is 80.6 cm³/mol. The second kappa shape index (κ2) is 5.35. The third-order valence-corrected chi connectivity index (χ3v) is 4.11. The standard InChI is InChI=1S/C14H19N3OS/c1-10-5-4-6-17-12(18)7-11(16-13(10)17)8-19-9-14(2,3)15/h4-7H,8-9,15H2,1-3H3. The maximum absolute atomic E-state index is 12.0. The smallest absolute Gasteiger partial charge is 0.258 e. The van der Waals surface area contributed by atoms with Gasteiger partial charge in [-0.2, -0.15) is 11.8 Å². The van der Waals surface area contributed by atoms with Crippen molar-refractivity contribution in [3.05, 3.63) is 46.0 Å². The monoisotopic (exact) mass is 277 g/mol. The minimum atomic E-state index is -0.202. The summed E-state index contributed by atoms with van der Waals surface area (Å²) >= 11 is 1.70. The molecular formula is C14H19N3OS. The number of rotatable bonds is 4. The number of pyridine rings is 1. The quantitative estimate of drug-likeness (QED) is 0.928. The third-order valence-electron chi connectivity index (χ3n) is 2.66. The normalized spacial score (nSPS) is 12.0. The molecule has 0 atom stereocenters. The topological polar surface area (TPSA) is 60.4 Å². The zero-order chi connectivity index (χ0) is 14.0. The van der Waals surface area contributed by atoms with Crippen LogP contribution in [-0.4, -0.2) is 20.7 Å². The molecule has 0 aliphatic heterocycles. The van der Waals surface area contributed by atoms with Crippen molar-refractivity contribution < 1.29 is 0 Å². The molecule has 0 radical (unpaired) electrons. The lowest BCUT2D eigenvalue weighted by Crippen LogP contribution is -2.34. The fraction of sp³-hybridized carbons (Fsp3) is 0.429. The van der Waals surface area contributed by atoms with Crippen LogP contribution < -0.4 is 11.3 Å². The van der Waals surface area contributed by atoms with E-state index < -0.39 is 0 Å². The molecule has 0 aliphatic rings. The maximum Gasteiger partial charge on any atom is 0.258 e. The van der Waals surface area contributed by atoms with Crippen LogP contribution in [0.15, 0.2) is 29.2 Å². The molecule has 0 saturated carbocycles. The molecule has 2 aromatic rings. The van der Waals surface area contributed by atoms with Gasteiger partial charge < -0.3 is 5.73 Å². The van der Waals surface area contributed by atoms with Crippen molar-refractivity contribution in [3.63, 3.8) is 0 Å². The van der Waals surface area contributed by atoms with Crippen molar-refractivity contribution in [2.24, 2.45) is 5.73 Å². The van der Waals surface area contributed by atoms with E-state index >= 15 is 0 Å². The zero-order valence-corrected chi connectivity index (χ0v) is 12.3. The minimum absolute atomic E-state index is 0.0312. The van der Waals surface area contributed by atoms with Crippen LogP contribution in [0.2, 0.25) is 0 Å². The molecule has 5 heteroatoms. The molecule has 0 amide bonds. The minimum Gasteiger partial charge on any atom is -0.325 e. The van der Waals surface area contributed by atoms with Gasteiger partial charge in [-0.1, -0.05) is 6.07 Å². The fourth-order valence-corrected chi connectivity index (χ4v) is 2.79. The number of nitrogens with two attached hydrogens (primary N) is 1. The largest absolute Gasteiger partial charge is 0.325 e. The Morgan fingerprint density at radius 3 is 2.89 bits per heavy atom. The summed E-state index contributed by atoms with van der Waals surface area (Å²) in [7, 11) is 0. The van der Waals surface area contributed by atoms with Crippen LogP contribution in [0.5, 0.6) is 0 Å². The van der Waals surface area contributed by atoms with E-state index in [2.05, 4.69) is 4.98 Å². The highest BCUT2D eigenvalue weighted by atomic mass is 32.2. The van der Waals surface area contributed by atoms with E-state index in [1.807, 2.05) is 32.9 Å². The van der Waals surface area contributed by atoms with Gasteiger partial charge in [-0.05, 0) is 32.4 Å². The van der Waals surface area contributed by atoms with E-state index in [4.69, 9.17) is 5.73 Å². The van der Waals surface area contributed by atoms with Crippen LogP contribution in [0.1, 0.15) is 25.1 Å². The van der Waals surface area contributed by atoms with Crippen LogP contribution in [0.25, 0.3) is 5.65 Å². The van der Waals surface area contributed by atoms with Gasteiger partial charge in [-0.15, -0.1) is 0 Å².